The molecule has 2 atom stereocenters. The third kappa shape index (κ3) is 6.48. The van der Waals surface area contributed by atoms with Crippen molar-refractivity contribution in [2.24, 2.45) is 5.92 Å². The van der Waals surface area contributed by atoms with Crippen molar-refractivity contribution in [3.8, 4) is 5.75 Å². The normalized spacial score (nSPS) is 17.6. The average Bonchev–Trinajstić information content (AvgIpc) is 3.07. The Morgan fingerprint density at radius 1 is 1.07 bits per heavy atom. The highest BCUT2D eigenvalue weighted by Gasteiger charge is 2.35. The topological polar surface area (TPSA) is 87.7 Å². The van der Waals surface area contributed by atoms with E-state index in [2.05, 4.69) is 24.5 Å². The van der Waals surface area contributed by atoms with Crippen molar-refractivity contribution >= 4 is 17.7 Å². The lowest BCUT2D eigenvalue weighted by Gasteiger charge is -2.20. The van der Waals surface area contributed by atoms with Crippen LogP contribution in [0, 0.1) is 5.92 Å². The van der Waals surface area contributed by atoms with E-state index >= 15 is 0 Å². The molecule has 7 heteroatoms. The Hall–Kier alpha value is -2.57. The summed E-state index contributed by atoms with van der Waals surface area (Å²) in [5.74, 6) is 0.388. The lowest BCUT2D eigenvalue weighted by molar-refractivity contribution is -0.129. The van der Waals surface area contributed by atoms with E-state index in [4.69, 9.17) is 4.74 Å². The summed E-state index contributed by atoms with van der Waals surface area (Å²) in [5, 5.41) is 5.55. The zero-order chi connectivity index (χ0) is 21.6. The fourth-order valence-electron chi connectivity index (χ4n) is 3.25. The van der Waals surface area contributed by atoms with Crippen LogP contribution in [-0.4, -0.2) is 54.4 Å². The zero-order valence-electron chi connectivity index (χ0n) is 18.0. The molecule has 2 unspecified atom stereocenters. The van der Waals surface area contributed by atoms with Crippen LogP contribution in [0.4, 0.5) is 0 Å². The van der Waals surface area contributed by atoms with Gasteiger partial charge in [-0.15, -0.1) is 0 Å². The van der Waals surface area contributed by atoms with Gasteiger partial charge in [-0.2, -0.15) is 0 Å². The third-order valence-electron chi connectivity index (χ3n) is 5.10. The standard InChI is InChI=1S/C22H33N3O4/c1-14(2)17-6-8-19(9-7-17)29-16(5)21(27)23-10-11-24-22(28)18-12-20(26)25(13-18)15(3)4/h6-9,14-16,18H,10-13H2,1-5H3,(H,23,27)(H,24,28). The number of rotatable bonds is 9. The molecule has 1 aromatic carbocycles. The summed E-state index contributed by atoms with van der Waals surface area (Å²) < 4.78 is 5.67. The smallest absolute Gasteiger partial charge is 0.260 e. The minimum absolute atomic E-state index is 0.0147. The lowest BCUT2D eigenvalue weighted by Crippen LogP contribution is -2.42. The molecule has 3 amide bonds. The van der Waals surface area contributed by atoms with Gasteiger partial charge >= 0.3 is 0 Å². The van der Waals surface area contributed by atoms with Gasteiger partial charge in [0.05, 0.1) is 5.92 Å². The van der Waals surface area contributed by atoms with Gasteiger partial charge < -0.3 is 20.3 Å². The second kappa shape index (κ2) is 10.3. The van der Waals surface area contributed by atoms with Crippen LogP contribution in [0.15, 0.2) is 24.3 Å². The first-order valence-electron chi connectivity index (χ1n) is 10.3. The zero-order valence-corrected chi connectivity index (χ0v) is 18.0. The molecule has 0 spiro atoms. The Morgan fingerprint density at radius 3 is 2.24 bits per heavy atom. The molecule has 0 radical (unpaired) electrons. The predicted molar refractivity (Wildman–Crippen MR) is 112 cm³/mol. The van der Waals surface area contributed by atoms with Gasteiger partial charge in [-0.05, 0) is 44.4 Å². The van der Waals surface area contributed by atoms with Crippen molar-refractivity contribution in [1.82, 2.24) is 15.5 Å². The number of likely N-dealkylation sites (tertiary alicyclic amines) is 1. The summed E-state index contributed by atoms with van der Waals surface area (Å²) in [4.78, 5) is 38.0. The Labute approximate surface area is 173 Å². The summed E-state index contributed by atoms with van der Waals surface area (Å²) in [7, 11) is 0. The van der Waals surface area contributed by atoms with E-state index in [1.54, 1.807) is 11.8 Å². The Kier molecular flexibility index (Phi) is 8.05. The van der Waals surface area contributed by atoms with E-state index in [1.807, 2.05) is 38.1 Å². The van der Waals surface area contributed by atoms with E-state index in [9.17, 15) is 14.4 Å². The maximum atomic E-state index is 12.2. The largest absolute Gasteiger partial charge is 0.481 e. The molecule has 1 aliphatic rings. The Balaban J connectivity index is 1.68. The summed E-state index contributed by atoms with van der Waals surface area (Å²) in [6.45, 7) is 10.9. The average molecular weight is 404 g/mol. The number of ether oxygens (including phenoxy) is 1. The summed E-state index contributed by atoms with van der Waals surface area (Å²) in [5.41, 5.74) is 1.21. The highest BCUT2D eigenvalue weighted by atomic mass is 16.5. The first-order chi connectivity index (χ1) is 13.7. The molecule has 1 fully saturated rings. The van der Waals surface area contributed by atoms with E-state index in [-0.39, 0.29) is 36.1 Å². The number of carbonyl (C=O) groups excluding carboxylic acids is 3. The molecule has 0 saturated carbocycles. The molecular weight excluding hydrogens is 370 g/mol. The molecule has 7 nitrogen and oxygen atoms in total. The Bertz CT molecular complexity index is 715. The molecule has 0 aliphatic carbocycles. The summed E-state index contributed by atoms with van der Waals surface area (Å²) in [6, 6.07) is 7.82. The SMILES string of the molecule is CC(Oc1ccc(C(C)C)cc1)C(=O)NCCNC(=O)C1CC(=O)N(C(C)C)C1. The van der Waals surface area contributed by atoms with Crippen molar-refractivity contribution in [2.45, 2.75) is 59.1 Å². The van der Waals surface area contributed by atoms with Crippen molar-refractivity contribution in [2.75, 3.05) is 19.6 Å². The van der Waals surface area contributed by atoms with E-state index < -0.39 is 6.10 Å². The molecule has 0 bridgehead atoms. The van der Waals surface area contributed by atoms with E-state index in [0.717, 1.165) is 0 Å². The number of carbonyl (C=O) groups is 3. The number of benzene rings is 1. The summed E-state index contributed by atoms with van der Waals surface area (Å²) in [6.07, 6.45) is -0.390. The maximum absolute atomic E-state index is 12.2. The second-order valence-corrected chi connectivity index (χ2v) is 8.11. The van der Waals surface area contributed by atoms with Crippen LogP contribution in [0.5, 0.6) is 5.75 Å². The van der Waals surface area contributed by atoms with Crippen molar-refractivity contribution < 1.29 is 19.1 Å². The first-order valence-corrected chi connectivity index (χ1v) is 10.3. The van der Waals surface area contributed by atoms with Crippen LogP contribution >= 0.6 is 0 Å². The number of nitrogens with one attached hydrogen (secondary N) is 2. The minimum Gasteiger partial charge on any atom is -0.481 e. The van der Waals surface area contributed by atoms with Crippen molar-refractivity contribution in [3.05, 3.63) is 29.8 Å². The molecule has 1 aliphatic heterocycles. The molecule has 0 aromatic heterocycles. The van der Waals surface area contributed by atoms with Gasteiger partial charge in [-0.25, -0.2) is 0 Å². The van der Waals surface area contributed by atoms with Crippen LogP contribution in [0.3, 0.4) is 0 Å². The minimum atomic E-state index is -0.636. The van der Waals surface area contributed by atoms with Gasteiger partial charge in [0, 0.05) is 32.1 Å². The fourth-order valence-corrected chi connectivity index (χ4v) is 3.25. The van der Waals surface area contributed by atoms with Crippen LogP contribution in [0.1, 0.15) is 52.5 Å². The highest BCUT2D eigenvalue weighted by Crippen LogP contribution is 2.20. The van der Waals surface area contributed by atoms with Crippen LogP contribution < -0.4 is 15.4 Å². The highest BCUT2D eigenvalue weighted by molar-refractivity contribution is 5.89. The molecule has 160 valence electrons. The second-order valence-electron chi connectivity index (χ2n) is 8.11. The van der Waals surface area contributed by atoms with Gasteiger partial charge in [0.15, 0.2) is 6.10 Å². The number of nitrogens with zero attached hydrogens (tertiary/aromatic N) is 1. The third-order valence-corrected chi connectivity index (χ3v) is 5.10. The number of hydrogen-bond acceptors (Lipinski definition) is 4. The van der Waals surface area contributed by atoms with Crippen molar-refractivity contribution in [1.29, 1.82) is 0 Å². The molecule has 1 saturated heterocycles. The van der Waals surface area contributed by atoms with Gasteiger partial charge in [0.2, 0.25) is 11.8 Å². The van der Waals surface area contributed by atoms with Gasteiger partial charge in [-0.3, -0.25) is 14.4 Å². The molecule has 1 aromatic rings. The van der Waals surface area contributed by atoms with E-state index in [1.165, 1.54) is 5.56 Å². The van der Waals surface area contributed by atoms with Crippen LogP contribution in [0.25, 0.3) is 0 Å². The predicted octanol–water partition coefficient (Wildman–Crippen LogP) is 2.07. The van der Waals surface area contributed by atoms with Crippen LogP contribution in [-0.2, 0) is 14.4 Å². The molecule has 2 N–H and O–H groups in total. The van der Waals surface area contributed by atoms with Gasteiger partial charge in [0.25, 0.3) is 5.91 Å². The molecule has 1 heterocycles. The Morgan fingerprint density at radius 2 is 1.69 bits per heavy atom. The monoisotopic (exact) mass is 403 g/mol. The molecule has 29 heavy (non-hydrogen) atoms. The number of hydrogen-bond donors (Lipinski definition) is 2. The number of amides is 3. The molecule has 2 rings (SSSR count). The van der Waals surface area contributed by atoms with Gasteiger partial charge in [-0.1, -0.05) is 26.0 Å². The molecular formula is C22H33N3O4. The van der Waals surface area contributed by atoms with Crippen molar-refractivity contribution in [3.63, 3.8) is 0 Å². The van der Waals surface area contributed by atoms with E-state index in [0.29, 0.717) is 31.3 Å². The lowest BCUT2D eigenvalue weighted by atomic mass is 10.0. The maximum Gasteiger partial charge on any atom is 0.260 e. The first kappa shape index (κ1) is 22.7. The van der Waals surface area contributed by atoms with Gasteiger partial charge in [0.1, 0.15) is 5.75 Å². The quantitative estimate of drug-likeness (QED) is 0.618. The fraction of sp³-hybridized carbons (Fsp3) is 0.591. The summed E-state index contributed by atoms with van der Waals surface area (Å²) >= 11 is 0. The van der Waals surface area contributed by atoms with Crippen LogP contribution in [0.2, 0.25) is 0 Å².